The highest BCUT2D eigenvalue weighted by Crippen LogP contribution is 2.24. The Labute approximate surface area is 92.2 Å². The molecule has 1 aromatic carbocycles. The standard InChI is InChI=1S/C7H3ClN4O4/c8-5-2-1-4(3-6(5)12(14)15)11-9-7(13)16-10-11/h1-3H/p+1. The summed E-state index contributed by atoms with van der Waals surface area (Å²) in [5.41, 5.74) is -0.0162. The highest BCUT2D eigenvalue weighted by Gasteiger charge is 2.20. The van der Waals surface area contributed by atoms with Gasteiger partial charge in [0, 0.05) is 6.07 Å². The molecule has 0 aliphatic heterocycles. The number of H-pyrrole nitrogens is 1. The van der Waals surface area contributed by atoms with Crippen LogP contribution in [0.1, 0.15) is 0 Å². The third-order valence-electron chi connectivity index (χ3n) is 1.77. The Hall–Kier alpha value is -2.22. The lowest BCUT2D eigenvalue weighted by Crippen LogP contribution is -2.37. The maximum absolute atomic E-state index is 10.7. The maximum atomic E-state index is 10.7. The lowest BCUT2D eigenvalue weighted by Gasteiger charge is -1.92. The van der Waals surface area contributed by atoms with Crippen LogP contribution in [-0.4, -0.2) is 15.3 Å². The van der Waals surface area contributed by atoms with Crippen molar-refractivity contribution in [3.63, 3.8) is 0 Å². The molecule has 0 saturated heterocycles. The zero-order valence-electron chi connectivity index (χ0n) is 7.58. The zero-order chi connectivity index (χ0) is 11.7. The molecular formula is C7H4ClN4O4+. The summed E-state index contributed by atoms with van der Waals surface area (Å²) in [5, 5.41) is 16.1. The summed E-state index contributed by atoms with van der Waals surface area (Å²) in [7, 11) is 0. The van der Waals surface area contributed by atoms with E-state index in [1.54, 1.807) is 0 Å². The molecule has 0 radical (unpaired) electrons. The minimum Gasteiger partial charge on any atom is -0.258 e. The van der Waals surface area contributed by atoms with Gasteiger partial charge in [0.15, 0.2) is 0 Å². The van der Waals surface area contributed by atoms with Gasteiger partial charge >= 0.3 is 5.76 Å². The van der Waals surface area contributed by atoms with Crippen LogP contribution in [0.4, 0.5) is 5.69 Å². The molecule has 1 aromatic heterocycles. The van der Waals surface area contributed by atoms with Gasteiger partial charge in [-0.1, -0.05) is 16.7 Å². The second kappa shape index (κ2) is 3.74. The van der Waals surface area contributed by atoms with Crippen molar-refractivity contribution in [1.82, 2.24) is 10.4 Å². The van der Waals surface area contributed by atoms with Crippen LogP contribution in [0.2, 0.25) is 5.02 Å². The first-order chi connectivity index (χ1) is 7.58. The van der Waals surface area contributed by atoms with E-state index in [1.807, 2.05) is 0 Å². The van der Waals surface area contributed by atoms with Crippen LogP contribution in [0.25, 0.3) is 5.69 Å². The van der Waals surface area contributed by atoms with E-state index in [0.717, 1.165) is 4.80 Å². The van der Waals surface area contributed by atoms with E-state index in [-0.39, 0.29) is 16.4 Å². The van der Waals surface area contributed by atoms with E-state index >= 15 is 0 Å². The molecule has 0 spiro atoms. The number of aromatic amines is 1. The van der Waals surface area contributed by atoms with Crippen LogP contribution in [0.3, 0.4) is 0 Å². The zero-order valence-corrected chi connectivity index (χ0v) is 8.34. The minimum atomic E-state index is -0.766. The van der Waals surface area contributed by atoms with Crippen LogP contribution in [0.15, 0.2) is 27.5 Å². The molecule has 0 unspecified atom stereocenters. The average molecular weight is 244 g/mol. The van der Waals surface area contributed by atoms with Crippen molar-refractivity contribution in [3.8, 4) is 5.69 Å². The molecule has 8 nitrogen and oxygen atoms in total. The molecule has 2 aromatic rings. The fourth-order valence-electron chi connectivity index (χ4n) is 1.09. The van der Waals surface area contributed by atoms with Crippen molar-refractivity contribution in [1.29, 1.82) is 0 Å². The van der Waals surface area contributed by atoms with Crippen LogP contribution < -0.4 is 10.6 Å². The summed E-state index contributed by atoms with van der Waals surface area (Å²) in [6.45, 7) is 0. The minimum absolute atomic E-state index is 0.000178. The predicted molar refractivity (Wildman–Crippen MR) is 50.3 cm³/mol. The fraction of sp³-hybridized carbons (Fsp3) is 0. The lowest BCUT2D eigenvalue weighted by molar-refractivity contribution is -0.725. The number of benzene rings is 1. The number of nitro groups is 1. The molecule has 0 bridgehead atoms. The Bertz CT molecular complexity index is 604. The molecule has 9 heteroatoms. The smallest absolute Gasteiger partial charge is 0.258 e. The maximum Gasteiger partial charge on any atom is 0.493 e. The number of nitro benzene ring substituents is 1. The quantitative estimate of drug-likeness (QED) is 0.461. The summed E-state index contributed by atoms with van der Waals surface area (Å²) in [5.74, 6) is -0.766. The second-order valence-corrected chi connectivity index (χ2v) is 3.18. The molecular weight excluding hydrogens is 240 g/mol. The van der Waals surface area contributed by atoms with Crippen molar-refractivity contribution in [2.24, 2.45) is 0 Å². The SMILES string of the molecule is O=c1[nH][n+](-c2ccc(Cl)c([N+](=O)[O-])c2)no1. The Morgan fingerprint density at radius 3 is 2.88 bits per heavy atom. The third kappa shape index (κ3) is 1.77. The Morgan fingerprint density at radius 2 is 2.31 bits per heavy atom. The predicted octanol–water partition coefficient (Wildman–Crippen LogP) is 0.201. The topological polar surface area (TPSA) is 106 Å². The van der Waals surface area contributed by atoms with Gasteiger partial charge in [0.1, 0.15) is 5.02 Å². The van der Waals surface area contributed by atoms with Gasteiger partial charge in [0.25, 0.3) is 11.4 Å². The summed E-state index contributed by atoms with van der Waals surface area (Å²) >= 11 is 5.62. The molecule has 0 aliphatic carbocycles. The van der Waals surface area contributed by atoms with Crippen molar-refractivity contribution in [2.45, 2.75) is 0 Å². The molecule has 2 rings (SSSR count). The first-order valence-electron chi connectivity index (χ1n) is 4.00. The van der Waals surface area contributed by atoms with Gasteiger partial charge in [-0.3, -0.25) is 10.1 Å². The molecule has 1 N–H and O–H groups in total. The van der Waals surface area contributed by atoms with Gasteiger partial charge < -0.3 is 0 Å². The Kier molecular flexibility index (Phi) is 2.41. The van der Waals surface area contributed by atoms with Crippen LogP contribution in [0, 0.1) is 10.1 Å². The van der Waals surface area contributed by atoms with E-state index in [2.05, 4.69) is 14.9 Å². The number of nitrogens with one attached hydrogen (secondary N) is 1. The number of hydrogen-bond acceptors (Lipinski definition) is 5. The third-order valence-corrected chi connectivity index (χ3v) is 2.09. The molecule has 1 heterocycles. The summed E-state index contributed by atoms with van der Waals surface area (Å²) in [4.78, 5) is 21.6. The number of halogens is 1. The first kappa shape index (κ1) is 10.3. The largest absolute Gasteiger partial charge is 0.493 e. The molecule has 82 valence electrons. The van der Waals surface area contributed by atoms with Crippen molar-refractivity contribution < 1.29 is 14.2 Å². The van der Waals surface area contributed by atoms with Gasteiger partial charge in [-0.2, -0.15) is 0 Å². The molecule has 0 atom stereocenters. The number of rotatable bonds is 2. The van der Waals surface area contributed by atoms with Crippen LogP contribution >= 0.6 is 11.6 Å². The number of aromatic nitrogens is 3. The summed E-state index contributed by atoms with van der Waals surface area (Å²) < 4.78 is 4.25. The fourth-order valence-corrected chi connectivity index (χ4v) is 1.28. The highest BCUT2D eigenvalue weighted by atomic mass is 35.5. The Morgan fingerprint density at radius 1 is 1.56 bits per heavy atom. The first-order valence-corrected chi connectivity index (χ1v) is 4.38. The van der Waals surface area contributed by atoms with E-state index < -0.39 is 10.7 Å². The highest BCUT2D eigenvalue weighted by molar-refractivity contribution is 6.32. The molecule has 0 aliphatic rings. The van der Waals surface area contributed by atoms with Gasteiger partial charge in [-0.25, -0.2) is 9.32 Å². The van der Waals surface area contributed by atoms with Gasteiger partial charge in [0.05, 0.1) is 15.8 Å². The molecule has 0 amide bonds. The van der Waals surface area contributed by atoms with Crippen LogP contribution in [0.5, 0.6) is 0 Å². The molecule has 0 saturated carbocycles. The van der Waals surface area contributed by atoms with Gasteiger partial charge in [-0.15, -0.1) is 0 Å². The monoisotopic (exact) mass is 243 g/mol. The molecule has 0 fully saturated rings. The second-order valence-electron chi connectivity index (χ2n) is 2.78. The van der Waals surface area contributed by atoms with Crippen molar-refractivity contribution in [2.75, 3.05) is 0 Å². The number of hydrogen-bond donors (Lipinski definition) is 1. The summed E-state index contributed by atoms with van der Waals surface area (Å²) in [6.07, 6.45) is 0. The average Bonchev–Trinajstić information content (AvgIpc) is 2.65. The van der Waals surface area contributed by atoms with Crippen LogP contribution in [-0.2, 0) is 0 Å². The van der Waals surface area contributed by atoms with Crippen molar-refractivity contribution in [3.05, 3.63) is 43.9 Å². The van der Waals surface area contributed by atoms with E-state index in [4.69, 9.17) is 11.6 Å². The van der Waals surface area contributed by atoms with E-state index in [9.17, 15) is 14.9 Å². The lowest BCUT2D eigenvalue weighted by atomic mass is 10.3. The van der Waals surface area contributed by atoms with Gasteiger partial charge in [-0.05, 0) is 6.07 Å². The van der Waals surface area contributed by atoms with Gasteiger partial charge in [0.2, 0.25) is 5.27 Å². The van der Waals surface area contributed by atoms with E-state index in [1.165, 1.54) is 18.2 Å². The Balaban J connectivity index is 2.55. The number of nitrogens with zero attached hydrogens (tertiary/aromatic N) is 3. The normalized spacial score (nSPS) is 10.3. The van der Waals surface area contributed by atoms with Crippen molar-refractivity contribution >= 4 is 17.3 Å². The van der Waals surface area contributed by atoms with E-state index in [0.29, 0.717) is 0 Å². The molecule has 16 heavy (non-hydrogen) atoms. The summed E-state index contributed by atoms with van der Waals surface area (Å²) in [6, 6.07) is 3.95.